The molecule has 4 heteroatoms. The highest BCUT2D eigenvalue weighted by Crippen LogP contribution is 2.26. The van der Waals surface area contributed by atoms with Crippen LogP contribution in [-0.4, -0.2) is 35.0 Å². The molecule has 0 aromatic carbocycles. The molecule has 144 valence electrons. The Labute approximate surface area is 149 Å². The summed E-state index contributed by atoms with van der Waals surface area (Å²) in [5.41, 5.74) is -1.23. The number of carbonyl (C=O) groups is 1. The van der Waals surface area contributed by atoms with Crippen LogP contribution in [0.2, 0.25) is 0 Å². The number of hydrogen-bond donors (Lipinski definition) is 2. The van der Waals surface area contributed by atoms with Gasteiger partial charge in [0, 0.05) is 13.5 Å². The number of carboxylic acid groups (broad SMARTS) is 1. The van der Waals surface area contributed by atoms with Gasteiger partial charge in [0.1, 0.15) is 0 Å². The summed E-state index contributed by atoms with van der Waals surface area (Å²) in [6.07, 6.45) is 15.0. The molecule has 0 saturated carbocycles. The van der Waals surface area contributed by atoms with Crippen molar-refractivity contribution in [1.82, 2.24) is 0 Å². The van der Waals surface area contributed by atoms with Crippen molar-refractivity contribution in [1.29, 1.82) is 0 Å². The third-order valence-electron chi connectivity index (χ3n) is 4.84. The zero-order valence-corrected chi connectivity index (χ0v) is 16.2. The van der Waals surface area contributed by atoms with Crippen molar-refractivity contribution in [3.8, 4) is 0 Å². The lowest BCUT2D eigenvalue weighted by Gasteiger charge is -2.29. The van der Waals surface area contributed by atoms with Crippen molar-refractivity contribution in [3.05, 3.63) is 0 Å². The normalized spacial score (nSPS) is 15.2. The molecule has 2 N–H and O–H groups in total. The van der Waals surface area contributed by atoms with Crippen LogP contribution in [0.1, 0.15) is 104 Å². The molecule has 0 aliphatic rings. The summed E-state index contributed by atoms with van der Waals surface area (Å²) < 4.78 is 5.25. The summed E-state index contributed by atoms with van der Waals surface area (Å²) >= 11 is 0. The van der Waals surface area contributed by atoms with E-state index in [0.29, 0.717) is 6.42 Å². The van der Waals surface area contributed by atoms with Gasteiger partial charge in [-0.15, -0.1) is 0 Å². The molecule has 0 amide bonds. The number of aliphatic hydroxyl groups excluding tert-OH is 1. The molecule has 2 atom stereocenters. The van der Waals surface area contributed by atoms with Crippen molar-refractivity contribution in [2.24, 2.45) is 0 Å². The Kier molecular flexibility index (Phi) is 14.3. The molecule has 0 aromatic rings. The Bertz CT molecular complexity index is 304. The zero-order chi connectivity index (χ0) is 18.3. The minimum absolute atomic E-state index is 0.150. The molecule has 0 saturated heterocycles. The van der Waals surface area contributed by atoms with Gasteiger partial charge >= 0.3 is 5.97 Å². The average molecular weight is 345 g/mol. The van der Waals surface area contributed by atoms with Gasteiger partial charge < -0.3 is 14.9 Å². The standard InChI is InChI=1S/C20H40O4/c1-4-5-6-7-8-9-10-11-12-13-14-15-16-20(24-3,19(22)23)17-18(2)21/h18,21H,4-17H2,1-3H3,(H,22,23). The highest BCUT2D eigenvalue weighted by molar-refractivity contribution is 5.77. The van der Waals surface area contributed by atoms with Crippen LogP contribution in [0.15, 0.2) is 0 Å². The molecule has 0 spiro atoms. The Balaban J connectivity index is 3.67. The maximum atomic E-state index is 11.5. The third-order valence-corrected chi connectivity index (χ3v) is 4.84. The van der Waals surface area contributed by atoms with Crippen molar-refractivity contribution in [2.75, 3.05) is 7.11 Å². The van der Waals surface area contributed by atoms with E-state index < -0.39 is 17.7 Å². The average Bonchev–Trinajstić information content (AvgIpc) is 2.54. The van der Waals surface area contributed by atoms with Gasteiger partial charge in [-0.3, -0.25) is 0 Å². The molecule has 0 fully saturated rings. The van der Waals surface area contributed by atoms with Crippen LogP contribution in [-0.2, 0) is 9.53 Å². The Morgan fingerprint density at radius 1 is 0.917 bits per heavy atom. The van der Waals surface area contributed by atoms with E-state index in [2.05, 4.69) is 6.92 Å². The van der Waals surface area contributed by atoms with Crippen molar-refractivity contribution < 1.29 is 19.7 Å². The number of hydrogen-bond acceptors (Lipinski definition) is 3. The minimum Gasteiger partial charge on any atom is -0.479 e. The molecule has 0 aromatic heterocycles. The van der Waals surface area contributed by atoms with E-state index in [1.54, 1.807) is 6.92 Å². The van der Waals surface area contributed by atoms with Gasteiger partial charge in [0.15, 0.2) is 5.60 Å². The lowest BCUT2D eigenvalue weighted by molar-refractivity contribution is -0.167. The SMILES string of the molecule is CCCCCCCCCCCCCCC(CC(C)O)(OC)C(=O)O. The zero-order valence-electron chi connectivity index (χ0n) is 16.2. The highest BCUT2D eigenvalue weighted by Gasteiger charge is 2.39. The van der Waals surface area contributed by atoms with Crippen LogP contribution >= 0.6 is 0 Å². The van der Waals surface area contributed by atoms with Crippen LogP contribution < -0.4 is 0 Å². The molecule has 0 radical (unpaired) electrons. The molecule has 0 rings (SSSR count). The van der Waals surface area contributed by atoms with Gasteiger partial charge in [-0.05, 0) is 19.8 Å². The number of ether oxygens (including phenoxy) is 1. The fourth-order valence-electron chi connectivity index (χ4n) is 3.30. The summed E-state index contributed by atoms with van der Waals surface area (Å²) in [5, 5.41) is 18.9. The monoisotopic (exact) mass is 344 g/mol. The Morgan fingerprint density at radius 3 is 1.67 bits per heavy atom. The summed E-state index contributed by atoms with van der Waals surface area (Å²) in [6.45, 7) is 3.86. The van der Waals surface area contributed by atoms with E-state index in [1.807, 2.05) is 0 Å². The number of unbranched alkanes of at least 4 members (excludes halogenated alkanes) is 11. The number of methoxy groups -OCH3 is 1. The number of aliphatic hydroxyl groups is 1. The maximum absolute atomic E-state index is 11.5. The predicted octanol–water partition coefficient (Wildman–Crippen LogP) is 5.32. The fourth-order valence-corrected chi connectivity index (χ4v) is 3.30. The molecule has 0 aliphatic carbocycles. The van der Waals surface area contributed by atoms with Crippen LogP contribution in [0.25, 0.3) is 0 Å². The molecular formula is C20H40O4. The second-order valence-corrected chi connectivity index (χ2v) is 7.20. The quantitative estimate of drug-likeness (QED) is 0.350. The first kappa shape index (κ1) is 23.4. The summed E-state index contributed by atoms with van der Waals surface area (Å²) in [6, 6.07) is 0. The molecule has 0 bridgehead atoms. The van der Waals surface area contributed by atoms with Gasteiger partial charge in [0.2, 0.25) is 0 Å². The van der Waals surface area contributed by atoms with E-state index in [-0.39, 0.29) is 6.42 Å². The first-order chi connectivity index (χ1) is 11.5. The molecular weight excluding hydrogens is 304 g/mol. The van der Waals surface area contributed by atoms with Gasteiger partial charge in [-0.1, -0.05) is 77.6 Å². The maximum Gasteiger partial charge on any atom is 0.336 e. The smallest absolute Gasteiger partial charge is 0.336 e. The van der Waals surface area contributed by atoms with Gasteiger partial charge in [-0.25, -0.2) is 4.79 Å². The first-order valence-corrected chi connectivity index (χ1v) is 9.95. The van der Waals surface area contributed by atoms with Crippen molar-refractivity contribution >= 4 is 5.97 Å². The second kappa shape index (κ2) is 14.7. The van der Waals surface area contributed by atoms with Gasteiger partial charge in [0.25, 0.3) is 0 Å². The number of carboxylic acids is 1. The topological polar surface area (TPSA) is 66.8 Å². The van der Waals surface area contributed by atoms with E-state index in [1.165, 1.54) is 64.9 Å². The minimum atomic E-state index is -1.23. The molecule has 0 heterocycles. The molecule has 24 heavy (non-hydrogen) atoms. The number of rotatable bonds is 17. The lowest BCUT2D eigenvalue weighted by atomic mass is 9.90. The van der Waals surface area contributed by atoms with E-state index >= 15 is 0 Å². The van der Waals surface area contributed by atoms with Crippen molar-refractivity contribution in [2.45, 2.75) is 115 Å². The van der Waals surface area contributed by atoms with Gasteiger partial charge in [-0.2, -0.15) is 0 Å². The summed E-state index contributed by atoms with van der Waals surface area (Å²) in [5.74, 6) is -0.964. The van der Waals surface area contributed by atoms with E-state index in [4.69, 9.17) is 4.74 Å². The molecule has 2 unspecified atom stereocenters. The van der Waals surface area contributed by atoms with E-state index in [9.17, 15) is 15.0 Å². The lowest BCUT2D eigenvalue weighted by Crippen LogP contribution is -2.43. The first-order valence-electron chi connectivity index (χ1n) is 9.95. The molecule has 0 aliphatic heterocycles. The van der Waals surface area contributed by atoms with Crippen LogP contribution in [0, 0.1) is 0 Å². The summed E-state index contributed by atoms with van der Waals surface area (Å²) in [7, 11) is 1.43. The van der Waals surface area contributed by atoms with Crippen LogP contribution in [0.5, 0.6) is 0 Å². The second-order valence-electron chi connectivity index (χ2n) is 7.20. The van der Waals surface area contributed by atoms with E-state index in [0.717, 1.165) is 19.3 Å². The number of aliphatic carboxylic acids is 1. The van der Waals surface area contributed by atoms with Crippen LogP contribution in [0.4, 0.5) is 0 Å². The Hall–Kier alpha value is -0.610. The predicted molar refractivity (Wildman–Crippen MR) is 99.4 cm³/mol. The van der Waals surface area contributed by atoms with Gasteiger partial charge in [0.05, 0.1) is 6.10 Å². The summed E-state index contributed by atoms with van der Waals surface area (Å²) in [4.78, 5) is 11.5. The molecule has 4 nitrogen and oxygen atoms in total. The third kappa shape index (κ3) is 11.0. The Morgan fingerprint density at radius 2 is 1.33 bits per heavy atom. The highest BCUT2D eigenvalue weighted by atomic mass is 16.5. The van der Waals surface area contributed by atoms with Crippen molar-refractivity contribution in [3.63, 3.8) is 0 Å². The largest absolute Gasteiger partial charge is 0.479 e. The van der Waals surface area contributed by atoms with Crippen LogP contribution in [0.3, 0.4) is 0 Å². The fraction of sp³-hybridized carbons (Fsp3) is 0.950.